The summed E-state index contributed by atoms with van der Waals surface area (Å²) in [5.74, 6) is 0. The molecule has 0 aliphatic carbocycles. The first-order chi connectivity index (χ1) is 8.97. The second kappa shape index (κ2) is 6.09. The largest absolute Gasteiger partial charge is 0.322 e. The first-order valence-corrected chi connectivity index (χ1v) is 8.04. The van der Waals surface area contributed by atoms with E-state index in [0.717, 1.165) is 27.9 Å². The quantitative estimate of drug-likeness (QED) is 0.890. The molecule has 0 spiro atoms. The summed E-state index contributed by atoms with van der Waals surface area (Å²) >= 11 is 3.38. The number of thiazole rings is 2. The van der Waals surface area contributed by atoms with Crippen molar-refractivity contribution in [1.82, 2.24) is 15.3 Å². The van der Waals surface area contributed by atoms with Gasteiger partial charge in [0.2, 0.25) is 0 Å². The number of hydrogen-bond donors (Lipinski definition) is 2. The lowest BCUT2D eigenvalue weighted by atomic mass is 10.2. The van der Waals surface area contributed by atoms with E-state index in [1.807, 2.05) is 13.8 Å². The highest BCUT2D eigenvalue weighted by molar-refractivity contribution is 7.11. The Labute approximate surface area is 122 Å². The van der Waals surface area contributed by atoms with Gasteiger partial charge >= 0.3 is 0 Å². The molecule has 2 heterocycles. The first-order valence-electron chi connectivity index (χ1n) is 6.34. The second-order valence-electron chi connectivity index (χ2n) is 4.75. The Hall–Kier alpha value is -0.820. The summed E-state index contributed by atoms with van der Waals surface area (Å²) in [6.45, 7) is 9.00. The molecule has 2 atom stereocenters. The maximum Gasteiger partial charge on any atom is 0.109 e. The van der Waals surface area contributed by atoms with Crippen LogP contribution in [-0.4, -0.2) is 9.97 Å². The predicted octanol–water partition coefficient (Wildman–Crippen LogP) is 3.09. The van der Waals surface area contributed by atoms with E-state index in [1.54, 1.807) is 22.7 Å². The van der Waals surface area contributed by atoms with E-state index in [4.69, 9.17) is 5.73 Å². The number of hydrogen-bond acceptors (Lipinski definition) is 6. The third kappa shape index (κ3) is 3.60. The fourth-order valence-corrected chi connectivity index (χ4v) is 3.64. The molecular formula is C13H20N4S2. The molecule has 0 radical (unpaired) electrons. The van der Waals surface area contributed by atoms with Gasteiger partial charge in [-0.15, -0.1) is 22.7 Å². The molecule has 0 amide bonds. The number of aromatic nitrogens is 2. The van der Waals surface area contributed by atoms with Crippen LogP contribution in [0.25, 0.3) is 0 Å². The van der Waals surface area contributed by atoms with Crippen LogP contribution in [0, 0.1) is 13.8 Å². The Kier molecular flexibility index (Phi) is 4.67. The summed E-state index contributed by atoms with van der Waals surface area (Å²) in [4.78, 5) is 10.3. The summed E-state index contributed by atoms with van der Waals surface area (Å²) in [5, 5.41) is 7.68. The summed E-state index contributed by atoms with van der Waals surface area (Å²) in [5.41, 5.74) is 8.00. The molecule has 0 aromatic carbocycles. The van der Waals surface area contributed by atoms with Crippen molar-refractivity contribution < 1.29 is 0 Å². The number of aryl methyl sites for hydroxylation is 2. The van der Waals surface area contributed by atoms with Crippen molar-refractivity contribution in [1.29, 1.82) is 0 Å². The highest BCUT2D eigenvalue weighted by Crippen LogP contribution is 2.25. The van der Waals surface area contributed by atoms with Crippen LogP contribution in [0.5, 0.6) is 0 Å². The van der Waals surface area contributed by atoms with E-state index in [2.05, 4.69) is 34.5 Å². The Morgan fingerprint density at radius 2 is 2.05 bits per heavy atom. The SMILES string of the molecule is Cc1nc(C)c(C(C)NCc2csc(C(C)N)n2)s1. The molecule has 0 bridgehead atoms. The fraction of sp³-hybridized carbons (Fsp3) is 0.538. The van der Waals surface area contributed by atoms with E-state index in [0.29, 0.717) is 6.04 Å². The lowest BCUT2D eigenvalue weighted by Gasteiger charge is -2.11. The summed E-state index contributed by atoms with van der Waals surface area (Å²) in [7, 11) is 0. The van der Waals surface area contributed by atoms with Crippen molar-refractivity contribution >= 4 is 22.7 Å². The number of nitrogens with zero attached hydrogens (tertiary/aromatic N) is 2. The van der Waals surface area contributed by atoms with Crippen molar-refractivity contribution in [2.45, 2.75) is 46.3 Å². The van der Waals surface area contributed by atoms with E-state index < -0.39 is 0 Å². The molecule has 2 aromatic heterocycles. The molecule has 4 nitrogen and oxygen atoms in total. The molecule has 0 saturated carbocycles. The molecule has 6 heteroatoms. The minimum Gasteiger partial charge on any atom is -0.322 e. The maximum absolute atomic E-state index is 5.82. The van der Waals surface area contributed by atoms with Crippen LogP contribution in [0.15, 0.2) is 5.38 Å². The van der Waals surface area contributed by atoms with Gasteiger partial charge in [0.25, 0.3) is 0 Å². The zero-order valence-electron chi connectivity index (χ0n) is 11.7. The fourth-order valence-electron chi connectivity index (χ4n) is 1.91. The topological polar surface area (TPSA) is 63.8 Å². The Morgan fingerprint density at radius 3 is 2.58 bits per heavy atom. The zero-order chi connectivity index (χ0) is 14.0. The number of rotatable bonds is 5. The third-order valence-electron chi connectivity index (χ3n) is 2.88. The Bertz CT molecular complexity index is 545. The second-order valence-corrected chi connectivity index (χ2v) is 6.88. The normalized spacial score (nSPS) is 14.6. The minimum absolute atomic E-state index is 0.0163. The molecule has 104 valence electrons. The molecule has 2 aromatic rings. The van der Waals surface area contributed by atoms with Gasteiger partial charge in [-0.05, 0) is 27.7 Å². The lowest BCUT2D eigenvalue weighted by molar-refractivity contribution is 0.572. The Morgan fingerprint density at radius 1 is 1.32 bits per heavy atom. The average molecular weight is 296 g/mol. The van der Waals surface area contributed by atoms with Crippen molar-refractivity contribution in [3.8, 4) is 0 Å². The number of nitrogens with one attached hydrogen (secondary N) is 1. The first kappa shape index (κ1) is 14.6. The van der Waals surface area contributed by atoms with Gasteiger partial charge in [0, 0.05) is 22.8 Å². The molecule has 3 N–H and O–H groups in total. The standard InChI is InChI=1S/C13H20N4S2/c1-7(14)13-17-11(6-18-13)5-15-8(2)12-9(3)16-10(4)19-12/h6-8,15H,5,14H2,1-4H3. The van der Waals surface area contributed by atoms with Crippen LogP contribution in [0.1, 0.15) is 52.2 Å². The van der Waals surface area contributed by atoms with Crippen LogP contribution in [0.3, 0.4) is 0 Å². The zero-order valence-corrected chi connectivity index (χ0v) is 13.4. The van der Waals surface area contributed by atoms with Gasteiger partial charge in [-0.25, -0.2) is 9.97 Å². The highest BCUT2D eigenvalue weighted by atomic mass is 32.1. The van der Waals surface area contributed by atoms with Crippen LogP contribution >= 0.6 is 22.7 Å². The van der Waals surface area contributed by atoms with Crippen LogP contribution in [-0.2, 0) is 6.54 Å². The molecule has 0 aliphatic rings. The van der Waals surface area contributed by atoms with Crippen molar-refractivity contribution in [3.05, 3.63) is 31.7 Å². The molecule has 2 unspecified atom stereocenters. The molecule has 0 saturated heterocycles. The molecule has 0 aliphatic heterocycles. The van der Waals surface area contributed by atoms with Crippen molar-refractivity contribution in [3.63, 3.8) is 0 Å². The maximum atomic E-state index is 5.82. The Balaban J connectivity index is 1.96. The van der Waals surface area contributed by atoms with Crippen LogP contribution < -0.4 is 11.1 Å². The van der Waals surface area contributed by atoms with Gasteiger partial charge in [-0.3, -0.25) is 0 Å². The smallest absolute Gasteiger partial charge is 0.109 e. The predicted molar refractivity (Wildman–Crippen MR) is 81.6 cm³/mol. The number of nitrogens with two attached hydrogens (primary N) is 1. The van der Waals surface area contributed by atoms with Crippen LogP contribution in [0.2, 0.25) is 0 Å². The minimum atomic E-state index is 0.0163. The monoisotopic (exact) mass is 296 g/mol. The van der Waals surface area contributed by atoms with E-state index in [9.17, 15) is 0 Å². The van der Waals surface area contributed by atoms with Gasteiger partial charge in [0.15, 0.2) is 0 Å². The molecule has 0 fully saturated rings. The van der Waals surface area contributed by atoms with Crippen molar-refractivity contribution in [2.75, 3.05) is 0 Å². The van der Waals surface area contributed by atoms with E-state index in [1.165, 1.54) is 4.88 Å². The van der Waals surface area contributed by atoms with Gasteiger partial charge in [0.05, 0.1) is 22.4 Å². The molecule has 2 rings (SSSR count). The van der Waals surface area contributed by atoms with Gasteiger partial charge in [-0.2, -0.15) is 0 Å². The summed E-state index contributed by atoms with van der Waals surface area (Å²) in [6, 6.07) is 0.314. The highest BCUT2D eigenvalue weighted by Gasteiger charge is 2.13. The van der Waals surface area contributed by atoms with Gasteiger partial charge in [-0.1, -0.05) is 0 Å². The lowest BCUT2D eigenvalue weighted by Crippen LogP contribution is -2.18. The summed E-state index contributed by atoms with van der Waals surface area (Å²) in [6.07, 6.45) is 0. The van der Waals surface area contributed by atoms with Gasteiger partial charge in [0.1, 0.15) is 5.01 Å². The summed E-state index contributed by atoms with van der Waals surface area (Å²) < 4.78 is 0. The van der Waals surface area contributed by atoms with E-state index in [-0.39, 0.29) is 6.04 Å². The molecule has 19 heavy (non-hydrogen) atoms. The average Bonchev–Trinajstić information content (AvgIpc) is 2.93. The third-order valence-corrected chi connectivity index (χ3v) is 5.23. The van der Waals surface area contributed by atoms with Crippen LogP contribution in [0.4, 0.5) is 0 Å². The van der Waals surface area contributed by atoms with E-state index >= 15 is 0 Å². The van der Waals surface area contributed by atoms with Gasteiger partial charge < -0.3 is 11.1 Å². The van der Waals surface area contributed by atoms with Crippen molar-refractivity contribution in [2.24, 2.45) is 5.73 Å². The molecular weight excluding hydrogens is 276 g/mol.